The van der Waals surface area contributed by atoms with Crippen molar-refractivity contribution in [2.24, 2.45) is 11.8 Å². The molecule has 2 aromatic rings. The summed E-state index contributed by atoms with van der Waals surface area (Å²) in [7, 11) is 3.15. The molecule has 1 aliphatic carbocycles. The van der Waals surface area contributed by atoms with Crippen molar-refractivity contribution < 1.29 is 19.1 Å². The van der Waals surface area contributed by atoms with Crippen molar-refractivity contribution in [3.8, 4) is 11.5 Å². The average molecular weight is 396 g/mol. The predicted octanol–water partition coefficient (Wildman–Crippen LogP) is 4.40. The summed E-state index contributed by atoms with van der Waals surface area (Å²) in [5.41, 5.74) is 2.49. The predicted molar refractivity (Wildman–Crippen MR) is 113 cm³/mol. The lowest BCUT2D eigenvalue weighted by Crippen LogP contribution is -2.32. The number of hydrogen-bond acceptors (Lipinski definition) is 4. The van der Waals surface area contributed by atoms with E-state index in [1.807, 2.05) is 31.2 Å². The van der Waals surface area contributed by atoms with E-state index in [-0.39, 0.29) is 23.7 Å². The summed E-state index contributed by atoms with van der Waals surface area (Å²) in [6.07, 6.45) is 2.77. The molecule has 29 heavy (non-hydrogen) atoms. The lowest BCUT2D eigenvalue weighted by molar-refractivity contribution is -0.125. The topological polar surface area (TPSA) is 76.7 Å². The van der Waals surface area contributed by atoms with Crippen molar-refractivity contribution in [2.45, 2.75) is 32.6 Å². The molecule has 0 aliphatic heterocycles. The number of nitrogens with one attached hydrogen (secondary N) is 2. The summed E-state index contributed by atoms with van der Waals surface area (Å²) in [6.45, 7) is 1.98. The van der Waals surface area contributed by atoms with Crippen molar-refractivity contribution in [2.75, 3.05) is 24.9 Å². The maximum atomic E-state index is 12.7. The minimum Gasteiger partial charge on any atom is -0.497 e. The van der Waals surface area contributed by atoms with E-state index in [4.69, 9.17) is 9.47 Å². The maximum absolute atomic E-state index is 12.7. The van der Waals surface area contributed by atoms with Crippen LogP contribution in [0.25, 0.3) is 0 Å². The van der Waals surface area contributed by atoms with E-state index in [1.165, 1.54) is 0 Å². The molecule has 0 unspecified atom stereocenters. The van der Waals surface area contributed by atoms with E-state index < -0.39 is 0 Å². The van der Waals surface area contributed by atoms with E-state index in [2.05, 4.69) is 10.6 Å². The molecule has 0 atom stereocenters. The van der Waals surface area contributed by atoms with Crippen molar-refractivity contribution in [3.05, 3.63) is 48.0 Å². The number of carbonyl (C=O) groups excluding carboxylic acids is 2. The maximum Gasteiger partial charge on any atom is 0.227 e. The Bertz CT molecular complexity index is 873. The molecule has 0 aromatic heterocycles. The van der Waals surface area contributed by atoms with Gasteiger partial charge in [0.2, 0.25) is 11.8 Å². The van der Waals surface area contributed by atoms with E-state index in [1.54, 1.807) is 32.4 Å². The molecule has 2 aromatic carbocycles. The van der Waals surface area contributed by atoms with Gasteiger partial charge in [0.05, 0.1) is 19.9 Å². The third-order valence-electron chi connectivity index (χ3n) is 5.54. The highest BCUT2D eigenvalue weighted by Crippen LogP contribution is 2.33. The van der Waals surface area contributed by atoms with Gasteiger partial charge in [0.25, 0.3) is 0 Å². The molecule has 3 rings (SSSR count). The molecule has 1 fully saturated rings. The van der Waals surface area contributed by atoms with Crippen LogP contribution in [0.5, 0.6) is 11.5 Å². The minimum atomic E-state index is -0.117. The first kappa shape index (κ1) is 20.7. The van der Waals surface area contributed by atoms with Crippen LogP contribution >= 0.6 is 0 Å². The second kappa shape index (κ2) is 9.45. The smallest absolute Gasteiger partial charge is 0.227 e. The summed E-state index contributed by atoms with van der Waals surface area (Å²) in [5.74, 6) is 1.04. The number of benzene rings is 2. The lowest BCUT2D eigenvalue weighted by atomic mass is 9.81. The lowest BCUT2D eigenvalue weighted by Gasteiger charge is -2.27. The molecule has 2 amide bonds. The van der Waals surface area contributed by atoms with Gasteiger partial charge >= 0.3 is 0 Å². The molecule has 1 saturated carbocycles. The Morgan fingerprint density at radius 2 is 1.41 bits per heavy atom. The summed E-state index contributed by atoms with van der Waals surface area (Å²) in [4.78, 5) is 25.3. The van der Waals surface area contributed by atoms with E-state index in [0.717, 1.165) is 11.3 Å². The highest BCUT2D eigenvalue weighted by molar-refractivity contribution is 5.95. The van der Waals surface area contributed by atoms with E-state index in [0.29, 0.717) is 42.9 Å². The molecular formula is C23H28N2O4. The highest BCUT2D eigenvalue weighted by atomic mass is 16.5. The Morgan fingerprint density at radius 1 is 0.828 bits per heavy atom. The van der Waals surface area contributed by atoms with Crippen LogP contribution in [0, 0.1) is 18.8 Å². The van der Waals surface area contributed by atoms with Crippen LogP contribution in [0.15, 0.2) is 42.5 Å². The first-order valence-corrected chi connectivity index (χ1v) is 9.91. The number of aryl methyl sites for hydroxylation is 1. The molecule has 0 radical (unpaired) electrons. The van der Waals surface area contributed by atoms with Crippen LogP contribution in [-0.4, -0.2) is 26.0 Å². The number of hydrogen-bond donors (Lipinski definition) is 2. The molecule has 6 heteroatoms. The zero-order chi connectivity index (χ0) is 20.8. The second-order valence-electron chi connectivity index (χ2n) is 7.41. The SMILES string of the molecule is COc1ccc(OC)c(NC(=O)C2CCC(C(=O)Nc3ccccc3C)CC2)c1. The van der Waals surface area contributed by atoms with Crippen molar-refractivity contribution >= 4 is 23.2 Å². The van der Waals surface area contributed by atoms with Crippen LogP contribution in [0.2, 0.25) is 0 Å². The summed E-state index contributed by atoms with van der Waals surface area (Å²) in [6, 6.07) is 13.0. The zero-order valence-electron chi connectivity index (χ0n) is 17.2. The largest absolute Gasteiger partial charge is 0.497 e. The Kier molecular flexibility index (Phi) is 6.75. The summed E-state index contributed by atoms with van der Waals surface area (Å²) < 4.78 is 10.6. The monoisotopic (exact) mass is 396 g/mol. The van der Waals surface area contributed by atoms with Gasteiger partial charge < -0.3 is 20.1 Å². The van der Waals surface area contributed by atoms with E-state index in [9.17, 15) is 9.59 Å². The van der Waals surface area contributed by atoms with Gasteiger partial charge in [0, 0.05) is 23.6 Å². The fourth-order valence-corrected chi connectivity index (χ4v) is 3.71. The summed E-state index contributed by atoms with van der Waals surface area (Å²) >= 11 is 0. The average Bonchev–Trinajstić information content (AvgIpc) is 2.75. The number of anilines is 2. The van der Waals surface area contributed by atoms with Crippen LogP contribution in [0.4, 0.5) is 11.4 Å². The molecule has 2 N–H and O–H groups in total. The fraction of sp³-hybridized carbons (Fsp3) is 0.391. The Hall–Kier alpha value is -3.02. The number of ether oxygens (including phenoxy) is 2. The molecule has 6 nitrogen and oxygen atoms in total. The van der Waals surface area contributed by atoms with Gasteiger partial charge in [0.15, 0.2) is 0 Å². The van der Waals surface area contributed by atoms with Gasteiger partial charge in [-0.3, -0.25) is 9.59 Å². The second-order valence-corrected chi connectivity index (χ2v) is 7.41. The van der Waals surface area contributed by atoms with E-state index >= 15 is 0 Å². The first-order chi connectivity index (χ1) is 14.0. The number of carbonyl (C=O) groups is 2. The van der Waals surface area contributed by atoms with Gasteiger partial charge in [-0.15, -0.1) is 0 Å². The minimum absolute atomic E-state index is 0.0348. The molecule has 154 valence electrons. The van der Waals surface area contributed by atoms with Crippen molar-refractivity contribution in [3.63, 3.8) is 0 Å². The normalized spacial score (nSPS) is 18.6. The Labute approximate surface area is 171 Å². The van der Waals surface area contributed by atoms with Crippen molar-refractivity contribution in [1.29, 1.82) is 0 Å². The summed E-state index contributed by atoms with van der Waals surface area (Å²) in [5, 5.41) is 5.97. The Balaban J connectivity index is 1.56. The molecule has 0 spiro atoms. The van der Waals surface area contributed by atoms with Crippen LogP contribution in [0.3, 0.4) is 0 Å². The van der Waals surface area contributed by atoms with Crippen molar-refractivity contribution in [1.82, 2.24) is 0 Å². The van der Waals surface area contributed by atoms with Crippen LogP contribution in [-0.2, 0) is 9.59 Å². The molecular weight excluding hydrogens is 368 g/mol. The van der Waals surface area contributed by atoms with Gasteiger partial charge in [0.1, 0.15) is 11.5 Å². The molecule has 0 bridgehead atoms. The number of para-hydroxylation sites is 1. The highest BCUT2D eigenvalue weighted by Gasteiger charge is 2.30. The molecule has 1 aliphatic rings. The van der Waals surface area contributed by atoms with Gasteiger partial charge in [-0.05, 0) is 56.4 Å². The molecule has 0 heterocycles. The Morgan fingerprint density at radius 3 is 1.97 bits per heavy atom. The standard InChI is InChI=1S/C23H28N2O4/c1-15-6-4-5-7-19(15)24-22(26)16-8-10-17(11-9-16)23(27)25-20-14-18(28-2)12-13-21(20)29-3/h4-7,12-14,16-17H,8-11H2,1-3H3,(H,24,26)(H,25,27). The van der Waals surface area contributed by atoms with Gasteiger partial charge in [-0.1, -0.05) is 18.2 Å². The first-order valence-electron chi connectivity index (χ1n) is 9.91. The quantitative estimate of drug-likeness (QED) is 0.759. The van der Waals surface area contributed by atoms with Crippen LogP contribution < -0.4 is 20.1 Å². The number of rotatable bonds is 6. The van der Waals surface area contributed by atoms with Gasteiger partial charge in [-0.25, -0.2) is 0 Å². The van der Waals surface area contributed by atoms with Crippen LogP contribution in [0.1, 0.15) is 31.2 Å². The molecule has 0 saturated heterocycles. The third kappa shape index (κ3) is 5.08. The van der Waals surface area contributed by atoms with Gasteiger partial charge in [-0.2, -0.15) is 0 Å². The number of amides is 2. The zero-order valence-corrected chi connectivity index (χ0v) is 17.2. The number of methoxy groups -OCH3 is 2. The fourth-order valence-electron chi connectivity index (χ4n) is 3.71. The third-order valence-corrected chi connectivity index (χ3v) is 5.54.